The predicted octanol–water partition coefficient (Wildman–Crippen LogP) is 3.89. The highest BCUT2D eigenvalue weighted by molar-refractivity contribution is 9.10. The van der Waals surface area contributed by atoms with Crippen molar-refractivity contribution in [1.29, 1.82) is 0 Å². The average Bonchev–Trinajstić information content (AvgIpc) is 2.82. The quantitative estimate of drug-likeness (QED) is 0.711. The molecule has 0 spiro atoms. The van der Waals surface area contributed by atoms with Crippen LogP contribution in [-0.2, 0) is 11.3 Å². The fourth-order valence-electron chi connectivity index (χ4n) is 2.46. The maximum Gasteiger partial charge on any atom is 0.420 e. The number of hydrogen-bond acceptors (Lipinski definition) is 3. The molecule has 5 nitrogen and oxygen atoms in total. The van der Waals surface area contributed by atoms with Crippen molar-refractivity contribution in [2.75, 3.05) is 0 Å². The molecule has 1 atom stereocenters. The van der Waals surface area contributed by atoms with Crippen LogP contribution in [0, 0.1) is 0 Å². The Morgan fingerprint density at radius 2 is 2.00 bits per heavy atom. The Morgan fingerprint density at radius 1 is 1.29 bits per heavy atom. The molecule has 124 valence electrons. The van der Waals surface area contributed by atoms with Crippen LogP contribution in [0.5, 0.6) is 0 Å². The van der Waals surface area contributed by atoms with Gasteiger partial charge in [-0.05, 0) is 36.8 Å². The van der Waals surface area contributed by atoms with E-state index in [1.807, 2.05) is 31.2 Å². The molecular formula is C17H14BrClN2O3. The average molecular weight is 410 g/mol. The van der Waals surface area contributed by atoms with Crippen molar-refractivity contribution in [3.05, 3.63) is 68.1 Å². The summed E-state index contributed by atoms with van der Waals surface area (Å²) in [5, 5.41) is 3.34. The molecule has 0 radical (unpaired) electrons. The molecule has 1 heterocycles. The number of nitrogens with zero attached hydrogens (tertiary/aromatic N) is 1. The zero-order valence-corrected chi connectivity index (χ0v) is 15.1. The van der Waals surface area contributed by atoms with E-state index >= 15 is 0 Å². The molecule has 3 aromatic rings. The van der Waals surface area contributed by atoms with Gasteiger partial charge in [0.15, 0.2) is 5.58 Å². The van der Waals surface area contributed by atoms with Crippen molar-refractivity contribution in [2.45, 2.75) is 19.5 Å². The smallest absolute Gasteiger partial charge is 0.408 e. The van der Waals surface area contributed by atoms with Gasteiger partial charge in [-0.3, -0.25) is 9.36 Å². The highest BCUT2D eigenvalue weighted by Crippen LogP contribution is 2.19. The Hall–Kier alpha value is -2.05. The minimum Gasteiger partial charge on any atom is -0.408 e. The molecule has 0 saturated heterocycles. The van der Waals surface area contributed by atoms with Crippen LogP contribution >= 0.6 is 27.5 Å². The largest absolute Gasteiger partial charge is 0.420 e. The minimum atomic E-state index is -0.585. The molecule has 0 unspecified atom stereocenters. The highest BCUT2D eigenvalue weighted by Gasteiger charge is 2.15. The van der Waals surface area contributed by atoms with Crippen LogP contribution in [-0.4, -0.2) is 10.5 Å². The second-order valence-electron chi connectivity index (χ2n) is 5.41. The Morgan fingerprint density at radius 3 is 2.71 bits per heavy atom. The summed E-state index contributed by atoms with van der Waals surface area (Å²) in [5.74, 6) is -0.858. The SMILES string of the molecule is C[C@H](NC(=O)Cn1c(=O)oc2cc(Cl)ccc21)c1ccc(Br)cc1. The highest BCUT2D eigenvalue weighted by atomic mass is 79.9. The van der Waals surface area contributed by atoms with E-state index in [1.54, 1.807) is 18.2 Å². The summed E-state index contributed by atoms with van der Waals surface area (Å²) in [7, 11) is 0. The van der Waals surface area contributed by atoms with Gasteiger partial charge in [-0.25, -0.2) is 4.79 Å². The van der Waals surface area contributed by atoms with Crippen molar-refractivity contribution in [2.24, 2.45) is 0 Å². The van der Waals surface area contributed by atoms with Crippen LogP contribution < -0.4 is 11.1 Å². The lowest BCUT2D eigenvalue weighted by Gasteiger charge is -2.14. The van der Waals surface area contributed by atoms with Crippen LogP contribution in [0.4, 0.5) is 0 Å². The Labute approximate surface area is 151 Å². The molecule has 0 bridgehead atoms. The molecule has 0 aliphatic carbocycles. The third-order valence-corrected chi connectivity index (χ3v) is 4.44. The number of oxazole rings is 1. The zero-order valence-electron chi connectivity index (χ0n) is 12.8. The van der Waals surface area contributed by atoms with Crippen molar-refractivity contribution < 1.29 is 9.21 Å². The van der Waals surface area contributed by atoms with Crippen molar-refractivity contribution in [3.8, 4) is 0 Å². The number of carbonyl (C=O) groups excluding carboxylic acids is 1. The monoisotopic (exact) mass is 408 g/mol. The van der Waals surface area contributed by atoms with Gasteiger partial charge in [-0.2, -0.15) is 0 Å². The summed E-state index contributed by atoms with van der Waals surface area (Å²) in [4.78, 5) is 24.2. The van der Waals surface area contributed by atoms with Gasteiger partial charge in [0, 0.05) is 15.6 Å². The van der Waals surface area contributed by atoms with Crippen molar-refractivity contribution >= 4 is 44.5 Å². The van der Waals surface area contributed by atoms with Crippen LogP contribution in [0.3, 0.4) is 0 Å². The van der Waals surface area contributed by atoms with E-state index in [1.165, 1.54) is 4.57 Å². The van der Waals surface area contributed by atoms with Gasteiger partial charge in [0.2, 0.25) is 5.91 Å². The standard InChI is InChI=1S/C17H14BrClN2O3/c1-10(11-2-4-12(18)5-3-11)20-16(22)9-21-14-7-6-13(19)8-15(14)24-17(21)23/h2-8,10H,9H2,1H3,(H,20,22)/t10-/m0/s1. The lowest BCUT2D eigenvalue weighted by Crippen LogP contribution is -2.32. The Kier molecular flexibility index (Phi) is 4.78. The van der Waals surface area contributed by atoms with E-state index in [-0.39, 0.29) is 18.5 Å². The summed E-state index contributed by atoms with van der Waals surface area (Å²) in [5.41, 5.74) is 1.87. The minimum absolute atomic E-state index is 0.117. The molecule has 0 aliphatic rings. The molecule has 0 saturated carbocycles. The number of nitrogens with one attached hydrogen (secondary N) is 1. The van der Waals surface area contributed by atoms with E-state index in [2.05, 4.69) is 21.2 Å². The fourth-order valence-corrected chi connectivity index (χ4v) is 2.88. The summed E-state index contributed by atoms with van der Waals surface area (Å²) >= 11 is 9.26. The topological polar surface area (TPSA) is 64.2 Å². The number of aromatic nitrogens is 1. The maximum absolute atomic E-state index is 12.3. The van der Waals surface area contributed by atoms with Crippen LogP contribution in [0.1, 0.15) is 18.5 Å². The molecule has 2 aromatic carbocycles. The molecule has 7 heteroatoms. The van der Waals surface area contributed by atoms with E-state index in [0.717, 1.165) is 10.0 Å². The van der Waals surface area contributed by atoms with Gasteiger partial charge in [0.05, 0.1) is 11.6 Å². The number of amides is 1. The van der Waals surface area contributed by atoms with E-state index in [4.69, 9.17) is 16.0 Å². The zero-order chi connectivity index (χ0) is 17.3. The lowest BCUT2D eigenvalue weighted by molar-refractivity contribution is -0.122. The Balaban J connectivity index is 1.76. The number of halogens is 2. The summed E-state index contributed by atoms with van der Waals surface area (Å²) in [6.07, 6.45) is 0. The van der Waals surface area contributed by atoms with Gasteiger partial charge in [0.25, 0.3) is 0 Å². The van der Waals surface area contributed by atoms with Crippen molar-refractivity contribution in [3.63, 3.8) is 0 Å². The molecule has 1 amide bonds. The molecule has 0 aliphatic heterocycles. The molecule has 3 rings (SSSR count). The molecule has 1 aromatic heterocycles. The van der Waals surface area contributed by atoms with Crippen molar-refractivity contribution in [1.82, 2.24) is 9.88 Å². The van der Waals surface area contributed by atoms with Crippen LogP contribution in [0.15, 0.2) is 56.1 Å². The predicted molar refractivity (Wildman–Crippen MR) is 96.2 cm³/mol. The first-order valence-electron chi connectivity index (χ1n) is 7.28. The number of rotatable bonds is 4. The van der Waals surface area contributed by atoms with E-state index in [9.17, 15) is 9.59 Å². The maximum atomic E-state index is 12.3. The second-order valence-corrected chi connectivity index (χ2v) is 6.76. The van der Waals surface area contributed by atoms with E-state index < -0.39 is 5.76 Å². The third-order valence-electron chi connectivity index (χ3n) is 3.68. The third kappa shape index (κ3) is 3.55. The van der Waals surface area contributed by atoms with Gasteiger partial charge < -0.3 is 9.73 Å². The van der Waals surface area contributed by atoms with Gasteiger partial charge in [0.1, 0.15) is 6.54 Å². The first kappa shape index (κ1) is 16.8. The summed E-state index contributed by atoms with van der Waals surface area (Å²) < 4.78 is 7.38. The number of fused-ring (bicyclic) bond motifs is 1. The van der Waals surface area contributed by atoms with Crippen LogP contribution in [0.2, 0.25) is 5.02 Å². The lowest BCUT2D eigenvalue weighted by atomic mass is 10.1. The normalized spacial score (nSPS) is 12.3. The first-order valence-corrected chi connectivity index (χ1v) is 8.45. The fraction of sp³-hybridized carbons (Fsp3) is 0.176. The van der Waals surface area contributed by atoms with Gasteiger partial charge in [-0.15, -0.1) is 0 Å². The molecule has 1 N–H and O–H groups in total. The number of benzene rings is 2. The van der Waals surface area contributed by atoms with Gasteiger partial charge in [-0.1, -0.05) is 39.7 Å². The first-order chi connectivity index (χ1) is 11.4. The number of hydrogen-bond donors (Lipinski definition) is 1. The molecular weight excluding hydrogens is 396 g/mol. The summed E-state index contributed by atoms with van der Waals surface area (Å²) in [6, 6.07) is 12.4. The van der Waals surface area contributed by atoms with E-state index in [0.29, 0.717) is 16.1 Å². The molecule has 0 fully saturated rings. The second kappa shape index (κ2) is 6.83. The molecule has 24 heavy (non-hydrogen) atoms. The summed E-state index contributed by atoms with van der Waals surface area (Å²) in [6.45, 7) is 1.77. The van der Waals surface area contributed by atoms with Crippen LogP contribution in [0.25, 0.3) is 11.1 Å². The van der Waals surface area contributed by atoms with Gasteiger partial charge >= 0.3 is 5.76 Å². The number of carbonyl (C=O) groups is 1. The Bertz CT molecular complexity index is 947.